The Morgan fingerprint density at radius 3 is 2.56 bits per heavy atom. The van der Waals surface area contributed by atoms with Crippen molar-refractivity contribution in [2.24, 2.45) is 0 Å². The molecule has 1 fully saturated rings. The van der Waals surface area contributed by atoms with Crippen molar-refractivity contribution in [3.63, 3.8) is 0 Å². The Morgan fingerprint density at radius 1 is 1.44 bits per heavy atom. The molecular weight excluding hydrogens is 226 g/mol. The molecule has 0 aromatic carbocycles. The van der Waals surface area contributed by atoms with Gasteiger partial charge in [-0.05, 0) is 33.2 Å². The van der Waals surface area contributed by atoms with Crippen LogP contribution in [0.5, 0.6) is 0 Å². The fourth-order valence-electron chi connectivity index (χ4n) is 2.00. The second kappa shape index (κ2) is 5.95. The minimum Gasteiger partial charge on any atom is -0.313 e. The van der Waals surface area contributed by atoms with Gasteiger partial charge in [0.2, 0.25) is 0 Å². The number of hydrogen-bond donors (Lipinski definition) is 2. The molecule has 1 atom stereocenters. The fraction of sp³-hybridized carbons (Fsp3) is 1.00. The summed E-state index contributed by atoms with van der Waals surface area (Å²) in [5, 5.41) is 3.37. The molecule has 0 radical (unpaired) electrons. The third-order valence-corrected chi connectivity index (χ3v) is 4.66. The highest BCUT2D eigenvalue weighted by atomic mass is 32.2. The molecule has 1 saturated heterocycles. The highest BCUT2D eigenvalue weighted by molar-refractivity contribution is 7.87. The minimum absolute atomic E-state index is 0.0128. The van der Waals surface area contributed by atoms with Crippen molar-refractivity contribution in [1.29, 1.82) is 0 Å². The van der Waals surface area contributed by atoms with Gasteiger partial charge < -0.3 is 5.32 Å². The molecule has 1 unspecified atom stereocenters. The molecule has 0 aliphatic carbocycles. The smallest absolute Gasteiger partial charge is 0.279 e. The molecule has 6 heteroatoms. The van der Waals surface area contributed by atoms with Gasteiger partial charge in [0.25, 0.3) is 10.2 Å². The van der Waals surface area contributed by atoms with Gasteiger partial charge in [-0.1, -0.05) is 6.42 Å². The van der Waals surface area contributed by atoms with Crippen molar-refractivity contribution < 1.29 is 8.42 Å². The van der Waals surface area contributed by atoms with Crippen LogP contribution in [0.4, 0.5) is 0 Å². The lowest BCUT2D eigenvalue weighted by molar-refractivity contribution is 0.280. The maximum Gasteiger partial charge on any atom is 0.279 e. The van der Waals surface area contributed by atoms with E-state index in [0.717, 1.165) is 13.0 Å². The molecule has 1 aliphatic rings. The average molecular weight is 249 g/mol. The van der Waals surface area contributed by atoms with Crippen LogP contribution in [0.15, 0.2) is 0 Å². The molecular formula is C10H23N3O2S. The second-order valence-electron chi connectivity index (χ2n) is 4.52. The SMILES string of the molecule is CNS(=O)(=O)N(CC1CCCCN1)C(C)C. The summed E-state index contributed by atoms with van der Waals surface area (Å²) in [5.74, 6) is 0. The van der Waals surface area contributed by atoms with Gasteiger partial charge in [-0.2, -0.15) is 12.7 Å². The zero-order valence-corrected chi connectivity index (χ0v) is 11.2. The molecule has 2 N–H and O–H groups in total. The van der Waals surface area contributed by atoms with Gasteiger partial charge in [0.05, 0.1) is 0 Å². The summed E-state index contributed by atoms with van der Waals surface area (Å²) in [7, 11) is -1.86. The lowest BCUT2D eigenvalue weighted by Gasteiger charge is -2.31. The quantitative estimate of drug-likeness (QED) is 0.737. The zero-order valence-electron chi connectivity index (χ0n) is 10.4. The predicted molar refractivity (Wildman–Crippen MR) is 65.5 cm³/mol. The Bertz CT molecular complexity index is 297. The predicted octanol–water partition coefficient (Wildman–Crippen LogP) is 0.303. The molecule has 1 rings (SSSR count). The molecule has 0 aromatic rings. The molecule has 0 amide bonds. The van der Waals surface area contributed by atoms with Crippen LogP contribution in [-0.2, 0) is 10.2 Å². The number of piperidine rings is 1. The highest BCUT2D eigenvalue weighted by Gasteiger charge is 2.26. The first-order valence-electron chi connectivity index (χ1n) is 5.91. The summed E-state index contributed by atoms with van der Waals surface area (Å²) in [6.45, 7) is 5.35. The van der Waals surface area contributed by atoms with Crippen LogP contribution in [0.3, 0.4) is 0 Å². The van der Waals surface area contributed by atoms with E-state index < -0.39 is 10.2 Å². The molecule has 1 heterocycles. The molecule has 96 valence electrons. The molecule has 0 bridgehead atoms. The summed E-state index contributed by atoms with van der Waals surface area (Å²) in [5.41, 5.74) is 0. The maximum atomic E-state index is 11.8. The van der Waals surface area contributed by atoms with E-state index in [0.29, 0.717) is 12.6 Å². The van der Waals surface area contributed by atoms with Gasteiger partial charge in [-0.25, -0.2) is 4.72 Å². The van der Waals surface area contributed by atoms with Crippen LogP contribution in [-0.4, -0.2) is 44.9 Å². The van der Waals surface area contributed by atoms with E-state index in [4.69, 9.17) is 0 Å². The Labute approximate surface area is 98.8 Å². The van der Waals surface area contributed by atoms with Crippen LogP contribution >= 0.6 is 0 Å². The molecule has 0 aromatic heterocycles. The first kappa shape index (κ1) is 13.9. The van der Waals surface area contributed by atoms with E-state index in [2.05, 4.69) is 10.0 Å². The van der Waals surface area contributed by atoms with E-state index in [1.165, 1.54) is 24.2 Å². The third-order valence-electron chi connectivity index (χ3n) is 2.96. The number of nitrogens with zero attached hydrogens (tertiary/aromatic N) is 1. The topological polar surface area (TPSA) is 61.4 Å². The van der Waals surface area contributed by atoms with Crippen molar-refractivity contribution in [2.75, 3.05) is 20.1 Å². The second-order valence-corrected chi connectivity index (χ2v) is 6.35. The van der Waals surface area contributed by atoms with E-state index in [9.17, 15) is 8.42 Å². The van der Waals surface area contributed by atoms with Gasteiger partial charge in [0.1, 0.15) is 0 Å². The van der Waals surface area contributed by atoms with Crippen LogP contribution < -0.4 is 10.0 Å². The lowest BCUT2D eigenvalue weighted by atomic mass is 10.1. The Balaban J connectivity index is 2.64. The van der Waals surface area contributed by atoms with Gasteiger partial charge in [0.15, 0.2) is 0 Å². The maximum absolute atomic E-state index is 11.8. The molecule has 5 nitrogen and oxygen atoms in total. The Hall–Kier alpha value is -0.170. The largest absolute Gasteiger partial charge is 0.313 e. The van der Waals surface area contributed by atoms with E-state index in [1.807, 2.05) is 13.8 Å². The zero-order chi connectivity index (χ0) is 12.2. The van der Waals surface area contributed by atoms with Crippen molar-refractivity contribution >= 4 is 10.2 Å². The van der Waals surface area contributed by atoms with Gasteiger partial charge in [0, 0.05) is 25.7 Å². The Kier molecular flexibility index (Phi) is 5.17. The molecule has 16 heavy (non-hydrogen) atoms. The van der Waals surface area contributed by atoms with Gasteiger partial charge in [-0.3, -0.25) is 0 Å². The normalized spacial score (nSPS) is 22.9. The van der Waals surface area contributed by atoms with Crippen molar-refractivity contribution in [3.05, 3.63) is 0 Å². The minimum atomic E-state index is -3.32. The summed E-state index contributed by atoms with van der Waals surface area (Å²) in [4.78, 5) is 0. The van der Waals surface area contributed by atoms with Crippen molar-refractivity contribution in [3.8, 4) is 0 Å². The van der Waals surface area contributed by atoms with Crippen LogP contribution in [0.1, 0.15) is 33.1 Å². The van der Waals surface area contributed by atoms with Crippen molar-refractivity contribution in [1.82, 2.24) is 14.3 Å². The first-order chi connectivity index (χ1) is 7.47. The van der Waals surface area contributed by atoms with Crippen molar-refractivity contribution in [2.45, 2.75) is 45.2 Å². The molecule has 0 saturated carbocycles. The average Bonchev–Trinajstić information content (AvgIpc) is 2.26. The van der Waals surface area contributed by atoms with Gasteiger partial charge in [-0.15, -0.1) is 0 Å². The summed E-state index contributed by atoms with van der Waals surface area (Å²) >= 11 is 0. The lowest BCUT2D eigenvalue weighted by Crippen LogP contribution is -2.50. The van der Waals surface area contributed by atoms with E-state index >= 15 is 0 Å². The standard InChI is InChI=1S/C10H23N3O2S/c1-9(2)13(16(14,15)11-3)8-10-6-4-5-7-12-10/h9-12H,4-8H2,1-3H3. The van der Waals surface area contributed by atoms with Gasteiger partial charge >= 0.3 is 0 Å². The van der Waals surface area contributed by atoms with Crippen LogP contribution in [0.2, 0.25) is 0 Å². The number of hydrogen-bond acceptors (Lipinski definition) is 3. The summed E-state index contributed by atoms with van der Waals surface area (Å²) in [6, 6.07) is 0.278. The van der Waals surface area contributed by atoms with E-state index in [1.54, 1.807) is 0 Å². The fourth-order valence-corrected chi connectivity index (χ4v) is 3.17. The summed E-state index contributed by atoms with van der Waals surface area (Å²) < 4.78 is 27.5. The van der Waals surface area contributed by atoms with Crippen LogP contribution in [0, 0.1) is 0 Å². The first-order valence-corrected chi connectivity index (χ1v) is 7.35. The molecule has 0 spiro atoms. The number of nitrogens with one attached hydrogen (secondary N) is 2. The molecule has 1 aliphatic heterocycles. The third kappa shape index (κ3) is 3.69. The van der Waals surface area contributed by atoms with E-state index in [-0.39, 0.29) is 6.04 Å². The highest BCUT2D eigenvalue weighted by Crippen LogP contribution is 2.12. The monoisotopic (exact) mass is 249 g/mol. The van der Waals surface area contributed by atoms with Crippen LogP contribution in [0.25, 0.3) is 0 Å². The Morgan fingerprint density at radius 2 is 2.12 bits per heavy atom. The summed E-state index contributed by atoms with van der Waals surface area (Å²) in [6.07, 6.45) is 3.43. The number of rotatable bonds is 5.